The number of halogens is 1. The minimum absolute atomic E-state index is 0.387. The Labute approximate surface area is 117 Å². The van der Waals surface area contributed by atoms with E-state index in [4.69, 9.17) is 4.42 Å². The van der Waals surface area contributed by atoms with Crippen LogP contribution in [-0.2, 0) is 6.54 Å². The molecule has 1 aliphatic carbocycles. The van der Waals surface area contributed by atoms with E-state index in [1.54, 1.807) is 0 Å². The Hall–Kier alpha value is -0.320. The van der Waals surface area contributed by atoms with Gasteiger partial charge in [-0.25, -0.2) is 0 Å². The summed E-state index contributed by atoms with van der Waals surface area (Å²) in [6, 6.07) is 3.82. The lowest BCUT2D eigenvalue weighted by Crippen LogP contribution is -2.44. The maximum absolute atomic E-state index is 10.5. The average Bonchev–Trinajstić information content (AvgIpc) is 2.70. The normalized spacial score (nSPS) is 22.0. The molecule has 1 aromatic heterocycles. The minimum atomic E-state index is -0.542. The smallest absolute Gasteiger partial charge is 0.169 e. The minimum Gasteiger partial charge on any atom is -0.453 e. The number of hydrogen-bond donors (Lipinski definition) is 2. The summed E-state index contributed by atoms with van der Waals surface area (Å²) in [4.78, 5) is 0. The van der Waals surface area contributed by atoms with Crippen LogP contribution in [0.3, 0.4) is 0 Å². The first kappa shape index (κ1) is 14.1. The maximum atomic E-state index is 10.5. The molecule has 0 saturated heterocycles. The molecular weight excluding hydrogens is 294 g/mol. The van der Waals surface area contributed by atoms with E-state index in [9.17, 15) is 5.11 Å². The molecule has 0 unspecified atom stereocenters. The summed E-state index contributed by atoms with van der Waals surface area (Å²) < 4.78 is 6.16. The van der Waals surface area contributed by atoms with Gasteiger partial charge in [0.1, 0.15) is 5.76 Å². The molecule has 1 aromatic rings. The van der Waals surface area contributed by atoms with Gasteiger partial charge < -0.3 is 14.8 Å². The molecule has 0 radical (unpaired) electrons. The fraction of sp³-hybridized carbons (Fsp3) is 0.714. The van der Waals surface area contributed by atoms with Crippen LogP contribution in [0.15, 0.2) is 21.2 Å². The fourth-order valence-corrected chi connectivity index (χ4v) is 2.77. The van der Waals surface area contributed by atoms with Crippen molar-refractivity contribution >= 4 is 15.9 Å². The van der Waals surface area contributed by atoms with E-state index >= 15 is 0 Å². The standard InChI is InChI=1S/C14H22BrNO2/c1-13(2)5-7-14(17,8-6-13)10-16-9-11-3-4-12(15)18-11/h3-4,16-17H,5-10H2,1-2H3. The number of rotatable bonds is 4. The van der Waals surface area contributed by atoms with Crippen LogP contribution in [0.5, 0.6) is 0 Å². The van der Waals surface area contributed by atoms with Crippen molar-refractivity contribution in [2.75, 3.05) is 6.54 Å². The second-order valence-electron chi connectivity index (χ2n) is 6.20. The lowest BCUT2D eigenvalue weighted by Gasteiger charge is -2.40. The monoisotopic (exact) mass is 315 g/mol. The highest BCUT2D eigenvalue weighted by Gasteiger charge is 2.36. The first-order valence-electron chi connectivity index (χ1n) is 6.56. The number of aliphatic hydroxyl groups is 1. The molecule has 102 valence electrons. The molecular formula is C14H22BrNO2. The molecule has 2 rings (SSSR count). The van der Waals surface area contributed by atoms with Gasteiger partial charge in [-0.1, -0.05) is 13.8 Å². The zero-order chi connectivity index (χ0) is 13.2. The molecule has 0 spiro atoms. The summed E-state index contributed by atoms with van der Waals surface area (Å²) in [7, 11) is 0. The van der Waals surface area contributed by atoms with Crippen LogP contribution in [0, 0.1) is 5.41 Å². The van der Waals surface area contributed by atoms with E-state index < -0.39 is 5.60 Å². The van der Waals surface area contributed by atoms with Gasteiger partial charge in [-0.15, -0.1) is 0 Å². The zero-order valence-corrected chi connectivity index (χ0v) is 12.7. The van der Waals surface area contributed by atoms with Gasteiger partial charge in [0.2, 0.25) is 0 Å². The zero-order valence-electron chi connectivity index (χ0n) is 11.1. The van der Waals surface area contributed by atoms with E-state index in [2.05, 4.69) is 35.1 Å². The van der Waals surface area contributed by atoms with Crippen LogP contribution in [0.25, 0.3) is 0 Å². The highest BCUT2D eigenvalue weighted by Crippen LogP contribution is 2.39. The second-order valence-corrected chi connectivity index (χ2v) is 6.98. The average molecular weight is 316 g/mol. The highest BCUT2D eigenvalue weighted by atomic mass is 79.9. The van der Waals surface area contributed by atoms with Gasteiger partial charge in [0.25, 0.3) is 0 Å². The molecule has 0 atom stereocenters. The van der Waals surface area contributed by atoms with Crippen molar-refractivity contribution in [1.82, 2.24) is 5.32 Å². The fourth-order valence-electron chi connectivity index (χ4n) is 2.43. The summed E-state index contributed by atoms with van der Waals surface area (Å²) >= 11 is 3.28. The van der Waals surface area contributed by atoms with Gasteiger partial charge >= 0.3 is 0 Å². The Morgan fingerprint density at radius 3 is 2.50 bits per heavy atom. The van der Waals surface area contributed by atoms with Crippen LogP contribution in [0.2, 0.25) is 0 Å². The van der Waals surface area contributed by atoms with Crippen LogP contribution in [0.4, 0.5) is 0 Å². The van der Waals surface area contributed by atoms with Crippen LogP contribution in [-0.4, -0.2) is 17.3 Å². The van der Waals surface area contributed by atoms with Crippen LogP contribution >= 0.6 is 15.9 Å². The topological polar surface area (TPSA) is 45.4 Å². The van der Waals surface area contributed by atoms with Gasteiger partial charge in [0.05, 0.1) is 12.1 Å². The number of hydrogen-bond acceptors (Lipinski definition) is 3. The quantitative estimate of drug-likeness (QED) is 0.894. The van der Waals surface area contributed by atoms with Crippen molar-refractivity contribution < 1.29 is 9.52 Å². The largest absolute Gasteiger partial charge is 0.453 e. The first-order chi connectivity index (χ1) is 8.39. The Balaban J connectivity index is 1.76. The van der Waals surface area contributed by atoms with Crippen molar-refractivity contribution in [1.29, 1.82) is 0 Å². The second kappa shape index (κ2) is 5.35. The molecule has 0 amide bonds. The summed E-state index contributed by atoms with van der Waals surface area (Å²) in [6.45, 7) is 5.86. The lowest BCUT2D eigenvalue weighted by atomic mass is 9.71. The Kier molecular flexibility index (Phi) is 4.19. The molecule has 0 aromatic carbocycles. The molecule has 18 heavy (non-hydrogen) atoms. The van der Waals surface area contributed by atoms with Crippen molar-refractivity contribution in [2.45, 2.75) is 51.7 Å². The van der Waals surface area contributed by atoms with Gasteiger partial charge in [0, 0.05) is 6.54 Å². The molecule has 4 heteroatoms. The van der Waals surface area contributed by atoms with Gasteiger partial charge in [-0.2, -0.15) is 0 Å². The number of nitrogens with one attached hydrogen (secondary N) is 1. The molecule has 0 aliphatic heterocycles. The van der Waals surface area contributed by atoms with E-state index in [1.165, 1.54) is 0 Å². The Morgan fingerprint density at radius 2 is 1.94 bits per heavy atom. The van der Waals surface area contributed by atoms with E-state index in [-0.39, 0.29) is 0 Å². The lowest BCUT2D eigenvalue weighted by molar-refractivity contribution is -0.0247. The van der Waals surface area contributed by atoms with Gasteiger partial charge in [-0.3, -0.25) is 0 Å². The van der Waals surface area contributed by atoms with E-state index in [1.807, 2.05) is 12.1 Å². The van der Waals surface area contributed by atoms with Crippen molar-refractivity contribution in [2.24, 2.45) is 5.41 Å². The Morgan fingerprint density at radius 1 is 1.28 bits per heavy atom. The molecule has 3 nitrogen and oxygen atoms in total. The first-order valence-corrected chi connectivity index (χ1v) is 7.35. The van der Waals surface area contributed by atoms with E-state index in [0.717, 1.165) is 36.1 Å². The van der Waals surface area contributed by atoms with Crippen molar-refractivity contribution in [3.8, 4) is 0 Å². The van der Waals surface area contributed by atoms with E-state index in [0.29, 0.717) is 18.5 Å². The molecule has 2 N–H and O–H groups in total. The van der Waals surface area contributed by atoms with Crippen LogP contribution < -0.4 is 5.32 Å². The number of furan rings is 1. The Bertz CT molecular complexity index is 390. The van der Waals surface area contributed by atoms with Crippen molar-refractivity contribution in [3.05, 3.63) is 22.6 Å². The molecule has 1 saturated carbocycles. The predicted octanol–water partition coefficient (Wildman–Crippen LogP) is 3.46. The molecule has 1 aliphatic rings. The third-order valence-corrected chi connectivity index (χ3v) is 4.34. The summed E-state index contributed by atoms with van der Waals surface area (Å²) in [5.74, 6) is 0.890. The SMILES string of the molecule is CC1(C)CCC(O)(CNCc2ccc(Br)o2)CC1. The molecule has 1 heterocycles. The maximum Gasteiger partial charge on any atom is 0.169 e. The van der Waals surface area contributed by atoms with Crippen molar-refractivity contribution in [3.63, 3.8) is 0 Å². The van der Waals surface area contributed by atoms with Gasteiger partial charge in [0.15, 0.2) is 4.67 Å². The third kappa shape index (κ3) is 3.84. The summed E-state index contributed by atoms with van der Waals surface area (Å²) in [6.07, 6.45) is 3.96. The predicted molar refractivity (Wildman–Crippen MR) is 75.3 cm³/mol. The summed E-state index contributed by atoms with van der Waals surface area (Å²) in [5.41, 5.74) is -0.155. The molecule has 0 bridgehead atoms. The van der Waals surface area contributed by atoms with Crippen LogP contribution in [0.1, 0.15) is 45.3 Å². The summed E-state index contributed by atoms with van der Waals surface area (Å²) in [5, 5.41) is 13.8. The molecule has 1 fully saturated rings. The van der Waals surface area contributed by atoms with Gasteiger partial charge in [-0.05, 0) is 59.2 Å². The highest BCUT2D eigenvalue weighted by molar-refractivity contribution is 9.10. The third-order valence-electron chi connectivity index (χ3n) is 3.92.